The van der Waals surface area contributed by atoms with Crippen molar-refractivity contribution in [2.45, 2.75) is 30.2 Å². The minimum atomic E-state index is 0.330. The van der Waals surface area contributed by atoms with Crippen LogP contribution in [0.4, 0.5) is 0 Å². The molecule has 2 N–H and O–H groups in total. The van der Waals surface area contributed by atoms with Crippen LogP contribution in [0.3, 0.4) is 0 Å². The van der Waals surface area contributed by atoms with Gasteiger partial charge in [0.15, 0.2) is 0 Å². The molecule has 0 bridgehead atoms. The van der Waals surface area contributed by atoms with Crippen LogP contribution in [0.15, 0.2) is 29.2 Å². The van der Waals surface area contributed by atoms with Crippen LogP contribution < -0.4 is 5.73 Å². The Morgan fingerprint density at radius 1 is 1.54 bits per heavy atom. The minimum Gasteiger partial charge on any atom is -0.327 e. The van der Waals surface area contributed by atoms with E-state index in [1.807, 2.05) is 11.8 Å². The lowest BCUT2D eigenvalue weighted by molar-refractivity contribution is 0.559. The molecule has 2 unspecified atom stereocenters. The minimum absolute atomic E-state index is 0.330. The molecular weight excluding hydrogens is 178 g/mol. The lowest BCUT2D eigenvalue weighted by Gasteiger charge is -2.17. The molecule has 0 radical (unpaired) electrons. The molecule has 0 aromatic heterocycles. The highest BCUT2D eigenvalue weighted by Crippen LogP contribution is 2.40. The van der Waals surface area contributed by atoms with Crippen molar-refractivity contribution in [3.8, 4) is 0 Å². The topological polar surface area (TPSA) is 26.0 Å². The summed E-state index contributed by atoms with van der Waals surface area (Å²) in [5.74, 6) is 1.74. The third-order valence-electron chi connectivity index (χ3n) is 2.73. The van der Waals surface area contributed by atoms with Crippen molar-refractivity contribution in [1.29, 1.82) is 0 Å². The van der Waals surface area contributed by atoms with E-state index in [4.69, 9.17) is 5.73 Å². The van der Waals surface area contributed by atoms with E-state index in [9.17, 15) is 0 Å². The van der Waals surface area contributed by atoms with Crippen LogP contribution in [-0.4, -0.2) is 11.8 Å². The van der Waals surface area contributed by atoms with Crippen LogP contribution in [0.5, 0.6) is 0 Å². The highest BCUT2D eigenvalue weighted by Gasteiger charge is 2.26. The van der Waals surface area contributed by atoms with Gasteiger partial charge in [-0.3, -0.25) is 0 Å². The Morgan fingerprint density at radius 3 is 3.08 bits per heavy atom. The van der Waals surface area contributed by atoms with Gasteiger partial charge in [-0.25, -0.2) is 0 Å². The zero-order valence-corrected chi connectivity index (χ0v) is 8.68. The molecule has 1 aliphatic rings. The van der Waals surface area contributed by atoms with Crippen molar-refractivity contribution in [2.24, 2.45) is 5.73 Å². The van der Waals surface area contributed by atoms with Crippen LogP contribution in [-0.2, 0) is 0 Å². The van der Waals surface area contributed by atoms with E-state index in [2.05, 4.69) is 31.2 Å². The number of nitrogens with two attached hydrogens (primary N) is 1. The van der Waals surface area contributed by atoms with Gasteiger partial charge in [-0.05, 0) is 18.1 Å². The summed E-state index contributed by atoms with van der Waals surface area (Å²) in [5, 5.41) is 0. The van der Waals surface area contributed by atoms with Gasteiger partial charge in [-0.2, -0.15) is 0 Å². The van der Waals surface area contributed by atoms with Crippen molar-refractivity contribution in [1.82, 2.24) is 0 Å². The molecule has 1 aliphatic heterocycles. The van der Waals surface area contributed by atoms with Crippen LogP contribution in [0.25, 0.3) is 0 Å². The Kier molecular flexibility index (Phi) is 2.61. The molecule has 2 atom stereocenters. The molecule has 0 aliphatic carbocycles. The highest BCUT2D eigenvalue weighted by molar-refractivity contribution is 7.99. The summed E-state index contributed by atoms with van der Waals surface area (Å²) in [6.45, 7) is 2.16. The lowest BCUT2D eigenvalue weighted by Crippen LogP contribution is -2.27. The highest BCUT2D eigenvalue weighted by atomic mass is 32.2. The molecule has 1 nitrogen and oxygen atoms in total. The van der Waals surface area contributed by atoms with Gasteiger partial charge in [-0.1, -0.05) is 25.1 Å². The number of hydrogen-bond donors (Lipinski definition) is 1. The zero-order valence-electron chi connectivity index (χ0n) is 7.86. The fraction of sp³-hybridized carbons (Fsp3) is 0.455. The summed E-state index contributed by atoms with van der Waals surface area (Å²) in [7, 11) is 0. The van der Waals surface area contributed by atoms with Crippen LogP contribution >= 0.6 is 11.8 Å². The largest absolute Gasteiger partial charge is 0.327 e. The predicted molar refractivity (Wildman–Crippen MR) is 58.2 cm³/mol. The van der Waals surface area contributed by atoms with Gasteiger partial charge in [-0.15, -0.1) is 11.8 Å². The van der Waals surface area contributed by atoms with Gasteiger partial charge in [0, 0.05) is 22.6 Å². The number of benzene rings is 1. The second-order valence-electron chi connectivity index (χ2n) is 3.53. The third kappa shape index (κ3) is 1.61. The van der Waals surface area contributed by atoms with Crippen molar-refractivity contribution in [3.05, 3.63) is 29.8 Å². The molecule has 2 heteroatoms. The average Bonchev–Trinajstić information content (AvgIpc) is 2.60. The van der Waals surface area contributed by atoms with E-state index >= 15 is 0 Å². The van der Waals surface area contributed by atoms with Gasteiger partial charge in [0.05, 0.1) is 0 Å². The quantitative estimate of drug-likeness (QED) is 0.781. The SMILES string of the molecule is CCC(N)C1CSc2ccccc21. The summed E-state index contributed by atoms with van der Waals surface area (Å²) in [4.78, 5) is 1.43. The fourth-order valence-corrected chi connectivity index (χ4v) is 3.17. The zero-order chi connectivity index (χ0) is 9.26. The smallest absolute Gasteiger partial charge is 0.0114 e. The van der Waals surface area contributed by atoms with Crippen LogP contribution in [0.2, 0.25) is 0 Å². The van der Waals surface area contributed by atoms with E-state index in [0.717, 1.165) is 12.2 Å². The lowest BCUT2D eigenvalue weighted by atomic mass is 9.92. The maximum atomic E-state index is 6.08. The van der Waals surface area contributed by atoms with Crippen molar-refractivity contribution >= 4 is 11.8 Å². The molecule has 0 fully saturated rings. The predicted octanol–water partition coefficient (Wildman–Crippen LogP) is 2.61. The van der Waals surface area contributed by atoms with Crippen molar-refractivity contribution in [3.63, 3.8) is 0 Å². The molecule has 0 saturated heterocycles. The fourth-order valence-electron chi connectivity index (χ4n) is 1.83. The number of rotatable bonds is 2. The molecule has 1 heterocycles. The Labute approximate surface area is 83.7 Å². The molecule has 1 aromatic rings. The van der Waals surface area contributed by atoms with Crippen molar-refractivity contribution < 1.29 is 0 Å². The first-order valence-corrected chi connectivity index (χ1v) is 5.78. The molecule has 0 saturated carbocycles. The standard InChI is InChI=1S/C11H15NS/c1-2-10(12)9-7-13-11-6-4-3-5-8(9)11/h3-6,9-10H,2,7,12H2,1H3. The summed E-state index contributed by atoms with van der Waals surface area (Å²) < 4.78 is 0. The molecular formula is C11H15NS. The van der Waals surface area contributed by atoms with E-state index in [0.29, 0.717) is 12.0 Å². The van der Waals surface area contributed by atoms with Crippen molar-refractivity contribution in [2.75, 3.05) is 5.75 Å². The molecule has 1 aromatic carbocycles. The number of hydrogen-bond acceptors (Lipinski definition) is 2. The first-order chi connectivity index (χ1) is 6.33. The molecule has 13 heavy (non-hydrogen) atoms. The number of fused-ring (bicyclic) bond motifs is 1. The maximum Gasteiger partial charge on any atom is 0.0114 e. The summed E-state index contributed by atoms with van der Waals surface area (Å²) in [6, 6.07) is 8.96. The summed E-state index contributed by atoms with van der Waals surface area (Å²) >= 11 is 1.94. The molecule has 0 spiro atoms. The average molecular weight is 193 g/mol. The summed E-state index contributed by atoms with van der Waals surface area (Å²) in [5.41, 5.74) is 7.54. The Balaban J connectivity index is 2.28. The molecule has 70 valence electrons. The monoisotopic (exact) mass is 193 g/mol. The maximum absolute atomic E-state index is 6.08. The van der Waals surface area contributed by atoms with Gasteiger partial charge >= 0.3 is 0 Å². The van der Waals surface area contributed by atoms with Gasteiger partial charge in [0.2, 0.25) is 0 Å². The van der Waals surface area contributed by atoms with E-state index in [1.54, 1.807) is 0 Å². The van der Waals surface area contributed by atoms with E-state index < -0.39 is 0 Å². The molecule has 2 rings (SSSR count). The number of thioether (sulfide) groups is 1. The first-order valence-electron chi connectivity index (χ1n) is 4.80. The van der Waals surface area contributed by atoms with E-state index in [1.165, 1.54) is 10.5 Å². The van der Waals surface area contributed by atoms with Crippen LogP contribution in [0.1, 0.15) is 24.8 Å². The van der Waals surface area contributed by atoms with Crippen LogP contribution in [0, 0.1) is 0 Å². The normalized spacial score (nSPS) is 22.8. The van der Waals surface area contributed by atoms with Gasteiger partial charge < -0.3 is 5.73 Å². The Bertz CT molecular complexity index is 298. The Hall–Kier alpha value is -0.470. The third-order valence-corrected chi connectivity index (χ3v) is 3.93. The second kappa shape index (κ2) is 3.72. The second-order valence-corrected chi connectivity index (χ2v) is 4.59. The van der Waals surface area contributed by atoms with E-state index in [-0.39, 0.29) is 0 Å². The first kappa shape index (κ1) is 9.10. The Morgan fingerprint density at radius 2 is 2.31 bits per heavy atom. The van der Waals surface area contributed by atoms with Gasteiger partial charge in [0.25, 0.3) is 0 Å². The molecule has 0 amide bonds. The summed E-state index contributed by atoms with van der Waals surface area (Å²) in [6.07, 6.45) is 1.07. The van der Waals surface area contributed by atoms with Gasteiger partial charge in [0.1, 0.15) is 0 Å².